The van der Waals surface area contributed by atoms with Crippen molar-refractivity contribution in [2.75, 3.05) is 12.0 Å². The summed E-state index contributed by atoms with van der Waals surface area (Å²) in [5, 5.41) is 5.31. The number of methoxy groups -OCH3 is 1. The highest BCUT2D eigenvalue weighted by Gasteiger charge is 2.30. The number of carbonyl (C=O) groups excluding carboxylic acids is 1. The molecule has 3 heterocycles. The molecule has 152 valence electrons. The van der Waals surface area contributed by atoms with Crippen LogP contribution in [0.1, 0.15) is 49.8 Å². The smallest absolute Gasteiger partial charge is 0.232 e. The number of anilines is 1. The molecule has 0 radical (unpaired) electrons. The Kier molecular flexibility index (Phi) is 4.99. The number of hydrogen-bond acceptors (Lipinski definition) is 5. The molecule has 1 aromatic carbocycles. The average molecular weight is 411 g/mol. The molecular formula is C22H26N4O2S. The lowest BCUT2D eigenvalue weighted by molar-refractivity contribution is -0.123. The van der Waals surface area contributed by atoms with Gasteiger partial charge in [-0.15, -0.1) is 0 Å². The summed E-state index contributed by atoms with van der Waals surface area (Å²) >= 11 is 1.57. The van der Waals surface area contributed by atoms with Crippen LogP contribution in [0.15, 0.2) is 24.4 Å². The summed E-state index contributed by atoms with van der Waals surface area (Å²) in [6.45, 7) is 1.54. The zero-order valence-electron chi connectivity index (χ0n) is 16.8. The highest BCUT2D eigenvalue weighted by Crippen LogP contribution is 2.35. The van der Waals surface area contributed by atoms with Gasteiger partial charge in [0.25, 0.3) is 0 Å². The normalized spacial score (nSPS) is 16.9. The topological polar surface area (TPSA) is 60.2 Å². The van der Waals surface area contributed by atoms with Crippen LogP contribution in [-0.4, -0.2) is 27.8 Å². The molecule has 0 atom stereocenters. The van der Waals surface area contributed by atoms with Crippen LogP contribution in [0.2, 0.25) is 0 Å². The molecule has 0 spiro atoms. The molecular weight excluding hydrogens is 384 g/mol. The third-order valence-corrected chi connectivity index (χ3v) is 7.22. The first-order valence-corrected chi connectivity index (χ1v) is 11.3. The van der Waals surface area contributed by atoms with E-state index < -0.39 is 0 Å². The summed E-state index contributed by atoms with van der Waals surface area (Å²) in [6.07, 6.45) is 9.61. The molecule has 1 aliphatic heterocycles. The number of hydrogen-bond donors (Lipinski definition) is 0. The van der Waals surface area contributed by atoms with Crippen LogP contribution in [0, 0.1) is 5.92 Å². The predicted molar refractivity (Wildman–Crippen MR) is 114 cm³/mol. The van der Waals surface area contributed by atoms with E-state index in [1.54, 1.807) is 18.4 Å². The van der Waals surface area contributed by atoms with Crippen molar-refractivity contribution in [3.05, 3.63) is 35.7 Å². The minimum Gasteiger partial charge on any atom is -0.497 e. The highest BCUT2D eigenvalue weighted by atomic mass is 32.1. The standard InChI is InChI=1S/C22H26N4O2S/c1-28-17-9-10-18-20(12-17)29-22(24-18)25(21(27)15-6-3-2-4-7-15)14-16-13-23-26-11-5-8-19(16)26/h9-10,12-13,15H,2-8,11,14H2,1H3. The van der Waals surface area contributed by atoms with Crippen molar-refractivity contribution in [1.29, 1.82) is 0 Å². The first-order valence-electron chi connectivity index (χ1n) is 10.5. The van der Waals surface area contributed by atoms with E-state index in [0.29, 0.717) is 6.54 Å². The lowest BCUT2D eigenvalue weighted by atomic mass is 9.88. The van der Waals surface area contributed by atoms with Crippen molar-refractivity contribution < 1.29 is 9.53 Å². The van der Waals surface area contributed by atoms with Gasteiger partial charge in [-0.25, -0.2) is 4.98 Å². The molecule has 1 aliphatic carbocycles. The van der Waals surface area contributed by atoms with Crippen LogP contribution < -0.4 is 9.64 Å². The third-order valence-electron chi connectivity index (χ3n) is 6.18. The second-order valence-electron chi connectivity index (χ2n) is 8.03. The van der Waals surface area contributed by atoms with Crippen molar-refractivity contribution in [3.8, 4) is 5.75 Å². The first kappa shape index (κ1) is 18.6. The zero-order valence-corrected chi connectivity index (χ0v) is 17.6. The van der Waals surface area contributed by atoms with E-state index in [0.717, 1.165) is 71.7 Å². The molecule has 1 saturated carbocycles. The van der Waals surface area contributed by atoms with Crippen molar-refractivity contribution in [2.45, 2.75) is 58.0 Å². The fourth-order valence-corrected chi connectivity index (χ4v) is 5.57. The number of carbonyl (C=O) groups is 1. The quantitative estimate of drug-likeness (QED) is 0.619. The summed E-state index contributed by atoms with van der Waals surface area (Å²) in [4.78, 5) is 20.3. The van der Waals surface area contributed by atoms with E-state index in [9.17, 15) is 4.79 Å². The second-order valence-corrected chi connectivity index (χ2v) is 9.04. The molecule has 5 rings (SSSR count). The SMILES string of the molecule is COc1ccc2nc(N(Cc3cnn4c3CCC4)C(=O)C3CCCCC3)sc2c1. The van der Waals surface area contributed by atoms with Crippen molar-refractivity contribution in [1.82, 2.24) is 14.8 Å². The minimum absolute atomic E-state index is 0.105. The fourth-order valence-electron chi connectivity index (χ4n) is 4.58. The number of fused-ring (bicyclic) bond motifs is 2. The molecule has 0 bridgehead atoms. The van der Waals surface area contributed by atoms with Gasteiger partial charge in [0.15, 0.2) is 5.13 Å². The number of aromatic nitrogens is 3. The lowest BCUT2D eigenvalue weighted by Crippen LogP contribution is -2.36. The number of thiazole rings is 1. The Labute approximate surface area is 174 Å². The van der Waals surface area contributed by atoms with Gasteiger partial charge < -0.3 is 4.74 Å². The Hall–Kier alpha value is -2.41. The number of amides is 1. The average Bonchev–Trinajstić information content (AvgIpc) is 3.47. The number of benzene rings is 1. The van der Waals surface area contributed by atoms with Crippen LogP contribution in [0.3, 0.4) is 0 Å². The van der Waals surface area contributed by atoms with Crippen LogP contribution in [-0.2, 0) is 24.3 Å². The number of ether oxygens (including phenoxy) is 1. The van der Waals surface area contributed by atoms with Gasteiger partial charge >= 0.3 is 0 Å². The second kappa shape index (κ2) is 7.78. The van der Waals surface area contributed by atoms with E-state index in [1.165, 1.54) is 12.1 Å². The molecule has 3 aromatic rings. The van der Waals surface area contributed by atoms with Crippen LogP contribution in [0.25, 0.3) is 10.2 Å². The van der Waals surface area contributed by atoms with Crippen molar-refractivity contribution >= 4 is 32.6 Å². The minimum atomic E-state index is 0.105. The van der Waals surface area contributed by atoms with Gasteiger partial charge in [0.2, 0.25) is 5.91 Å². The van der Waals surface area contributed by atoms with E-state index in [-0.39, 0.29) is 11.8 Å². The molecule has 1 amide bonds. The van der Waals surface area contributed by atoms with Gasteiger partial charge in [-0.2, -0.15) is 5.10 Å². The van der Waals surface area contributed by atoms with Crippen LogP contribution >= 0.6 is 11.3 Å². The molecule has 2 aliphatic rings. The Morgan fingerprint density at radius 1 is 1.28 bits per heavy atom. The van der Waals surface area contributed by atoms with Crippen LogP contribution in [0.4, 0.5) is 5.13 Å². The van der Waals surface area contributed by atoms with Gasteiger partial charge in [0.05, 0.1) is 30.1 Å². The van der Waals surface area contributed by atoms with E-state index in [4.69, 9.17) is 9.72 Å². The van der Waals surface area contributed by atoms with E-state index in [1.807, 2.05) is 29.3 Å². The van der Waals surface area contributed by atoms with Crippen molar-refractivity contribution in [2.24, 2.45) is 5.92 Å². The Bertz CT molecular complexity index is 1030. The maximum absolute atomic E-state index is 13.6. The molecule has 2 aromatic heterocycles. The van der Waals surface area contributed by atoms with Crippen LogP contribution in [0.5, 0.6) is 5.75 Å². The summed E-state index contributed by atoms with van der Waals surface area (Å²) in [7, 11) is 1.67. The zero-order chi connectivity index (χ0) is 19.8. The van der Waals surface area contributed by atoms with Crippen molar-refractivity contribution in [3.63, 3.8) is 0 Å². The van der Waals surface area contributed by atoms with Gasteiger partial charge in [0.1, 0.15) is 5.75 Å². The third kappa shape index (κ3) is 3.52. The van der Waals surface area contributed by atoms with E-state index >= 15 is 0 Å². The Balaban J connectivity index is 1.51. The molecule has 0 N–H and O–H groups in total. The number of rotatable bonds is 5. The fraction of sp³-hybridized carbons (Fsp3) is 0.500. The monoisotopic (exact) mass is 410 g/mol. The van der Waals surface area contributed by atoms with Gasteiger partial charge in [-0.1, -0.05) is 30.6 Å². The summed E-state index contributed by atoms with van der Waals surface area (Å²) in [5.41, 5.74) is 3.34. The molecule has 1 fully saturated rings. The maximum Gasteiger partial charge on any atom is 0.232 e. The predicted octanol–water partition coefficient (Wildman–Crippen LogP) is 4.56. The molecule has 0 unspecified atom stereocenters. The summed E-state index contributed by atoms with van der Waals surface area (Å²) < 4.78 is 8.49. The Morgan fingerprint density at radius 2 is 2.14 bits per heavy atom. The summed E-state index contributed by atoms with van der Waals surface area (Å²) in [5.74, 6) is 1.13. The first-order chi connectivity index (χ1) is 14.2. The van der Waals surface area contributed by atoms with Gasteiger partial charge in [-0.3, -0.25) is 14.4 Å². The largest absolute Gasteiger partial charge is 0.497 e. The molecule has 7 heteroatoms. The van der Waals surface area contributed by atoms with Gasteiger partial charge in [0, 0.05) is 23.7 Å². The van der Waals surface area contributed by atoms with E-state index in [2.05, 4.69) is 9.78 Å². The summed E-state index contributed by atoms with van der Waals surface area (Å²) in [6, 6.07) is 5.89. The molecule has 29 heavy (non-hydrogen) atoms. The number of nitrogens with zero attached hydrogens (tertiary/aromatic N) is 4. The molecule has 0 saturated heterocycles. The molecule has 6 nitrogen and oxygen atoms in total. The maximum atomic E-state index is 13.6. The Morgan fingerprint density at radius 3 is 2.97 bits per heavy atom. The number of aryl methyl sites for hydroxylation is 1. The highest BCUT2D eigenvalue weighted by molar-refractivity contribution is 7.22. The van der Waals surface area contributed by atoms with Gasteiger partial charge in [-0.05, 0) is 43.9 Å². The lowest BCUT2D eigenvalue weighted by Gasteiger charge is -2.27.